The summed E-state index contributed by atoms with van der Waals surface area (Å²) >= 11 is 1.67. The smallest absolute Gasteiger partial charge is 0.417 e. The first-order valence-corrected chi connectivity index (χ1v) is 11.7. The maximum atomic E-state index is 13.3. The molecule has 2 aromatic rings. The summed E-state index contributed by atoms with van der Waals surface area (Å²) in [4.78, 5) is 24.8. The molecule has 1 fully saturated rings. The van der Waals surface area contributed by atoms with Crippen LogP contribution in [0.25, 0.3) is 0 Å². The number of carbonyl (C=O) groups is 2. The lowest BCUT2D eigenvalue weighted by Gasteiger charge is -2.33. The van der Waals surface area contributed by atoms with Gasteiger partial charge in [-0.2, -0.15) is 30.2 Å². The van der Waals surface area contributed by atoms with Crippen LogP contribution in [0, 0.1) is 29.1 Å². The molecule has 2 N–H and O–H groups in total. The average molecular weight is 503 g/mol. The maximum absolute atomic E-state index is 13.3. The molecule has 0 bridgehead atoms. The molecule has 1 unspecified atom stereocenters. The topological polar surface area (TPSA) is 99.4 Å². The Labute approximate surface area is 204 Å². The van der Waals surface area contributed by atoms with Crippen molar-refractivity contribution >= 4 is 29.3 Å². The fourth-order valence-electron chi connectivity index (χ4n) is 3.61. The number of rotatable bonds is 4. The third-order valence-corrected chi connectivity index (χ3v) is 6.61. The summed E-state index contributed by atoms with van der Waals surface area (Å²) in [7, 11) is 1.25. The van der Waals surface area contributed by atoms with E-state index in [4.69, 9.17) is 5.26 Å². The van der Waals surface area contributed by atoms with Crippen LogP contribution < -0.4 is 5.32 Å². The molecule has 1 heterocycles. The van der Waals surface area contributed by atoms with Crippen molar-refractivity contribution in [2.45, 2.75) is 24.6 Å². The highest BCUT2D eigenvalue weighted by Crippen LogP contribution is 2.35. The molecule has 0 radical (unpaired) electrons. The number of alkyl halides is 3. The van der Waals surface area contributed by atoms with E-state index in [0.29, 0.717) is 41.5 Å². The molecule has 1 aliphatic heterocycles. The number of nitriles is 1. The van der Waals surface area contributed by atoms with Crippen LogP contribution in [0.15, 0.2) is 42.5 Å². The van der Waals surface area contributed by atoms with Crippen LogP contribution >= 0.6 is 11.8 Å². The molecular formula is C25H21F3N2O4S. The Bertz CT molecular complexity index is 1210. The lowest BCUT2D eigenvalue weighted by Crippen LogP contribution is -2.49. The number of nitrogens with zero attached hydrogens (tertiary/aromatic N) is 1. The predicted molar refractivity (Wildman–Crippen MR) is 124 cm³/mol. The normalized spacial score (nSPS) is 15.7. The van der Waals surface area contributed by atoms with E-state index in [-0.39, 0.29) is 5.69 Å². The van der Waals surface area contributed by atoms with Crippen molar-refractivity contribution in [1.82, 2.24) is 0 Å². The summed E-state index contributed by atoms with van der Waals surface area (Å²) in [5.41, 5.74) is -3.43. The van der Waals surface area contributed by atoms with Crippen molar-refractivity contribution in [3.05, 3.63) is 64.7 Å². The summed E-state index contributed by atoms with van der Waals surface area (Å²) in [6.45, 7) is 0. The van der Waals surface area contributed by atoms with Gasteiger partial charge in [-0.15, -0.1) is 0 Å². The summed E-state index contributed by atoms with van der Waals surface area (Å²) in [6.07, 6.45) is -3.81. The highest BCUT2D eigenvalue weighted by atomic mass is 32.2. The van der Waals surface area contributed by atoms with Crippen LogP contribution in [0.2, 0.25) is 0 Å². The van der Waals surface area contributed by atoms with Crippen LogP contribution in [-0.2, 0) is 15.7 Å². The standard InChI is InChI=1S/C25H21F3N2O4S/c1-34-22(31)17-4-2-16(3-5-17)8-11-24(33,19-9-12-35-13-10-19)23(32)30-20-7-6-18(15-29)21(14-20)25(26,27)28/h2-7,14,19,33H,9-10,12-13H2,1H3,(H,30,32). The minimum Gasteiger partial charge on any atom is -0.465 e. The first-order valence-electron chi connectivity index (χ1n) is 10.5. The van der Waals surface area contributed by atoms with Gasteiger partial charge in [0.25, 0.3) is 5.91 Å². The van der Waals surface area contributed by atoms with Crippen LogP contribution in [0.1, 0.15) is 39.9 Å². The molecule has 3 rings (SSSR count). The maximum Gasteiger partial charge on any atom is 0.417 e. The Morgan fingerprint density at radius 2 is 1.80 bits per heavy atom. The van der Waals surface area contributed by atoms with Gasteiger partial charge in [0.1, 0.15) is 0 Å². The fraction of sp³-hybridized carbons (Fsp3) is 0.320. The lowest BCUT2D eigenvalue weighted by molar-refractivity contribution is -0.138. The number of benzene rings is 2. The van der Waals surface area contributed by atoms with Gasteiger partial charge in [-0.3, -0.25) is 4.79 Å². The minimum absolute atomic E-state index is 0.214. The number of nitrogens with one attached hydrogen (secondary N) is 1. The third kappa shape index (κ3) is 6.16. The highest BCUT2D eigenvalue weighted by Gasteiger charge is 2.43. The molecule has 1 aliphatic rings. The van der Waals surface area contributed by atoms with Crippen molar-refractivity contribution in [1.29, 1.82) is 5.26 Å². The number of carbonyl (C=O) groups excluding carboxylic acids is 2. The number of methoxy groups -OCH3 is 1. The SMILES string of the molecule is COC(=O)c1ccc(C#CC(O)(C(=O)Nc2ccc(C#N)c(C(F)(F)F)c2)C2CCSCC2)cc1. The summed E-state index contributed by atoms with van der Waals surface area (Å²) < 4.78 is 44.6. The van der Waals surface area contributed by atoms with Gasteiger partial charge in [0.15, 0.2) is 0 Å². The Morgan fingerprint density at radius 3 is 2.37 bits per heavy atom. The van der Waals surface area contributed by atoms with Crippen LogP contribution in [0.3, 0.4) is 0 Å². The highest BCUT2D eigenvalue weighted by molar-refractivity contribution is 7.99. The number of hydrogen-bond donors (Lipinski definition) is 2. The minimum atomic E-state index is -4.79. The van der Waals surface area contributed by atoms with Gasteiger partial charge in [-0.1, -0.05) is 11.8 Å². The van der Waals surface area contributed by atoms with E-state index in [1.807, 2.05) is 0 Å². The van der Waals surface area contributed by atoms with Gasteiger partial charge < -0.3 is 15.2 Å². The number of thioether (sulfide) groups is 1. The van der Waals surface area contributed by atoms with E-state index in [1.54, 1.807) is 11.8 Å². The second-order valence-electron chi connectivity index (χ2n) is 7.80. The summed E-state index contributed by atoms with van der Waals surface area (Å²) in [5, 5.41) is 22.7. The molecule has 1 atom stereocenters. The van der Waals surface area contributed by atoms with Crippen molar-refractivity contribution in [3.8, 4) is 17.9 Å². The summed E-state index contributed by atoms with van der Waals surface area (Å²) in [5.74, 6) is 4.75. The zero-order valence-electron chi connectivity index (χ0n) is 18.6. The van der Waals surface area contributed by atoms with Gasteiger partial charge in [-0.05, 0) is 66.8 Å². The Morgan fingerprint density at radius 1 is 1.14 bits per heavy atom. The van der Waals surface area contributed by atoms with E-state index in [0.717, 1.165) is 6.07 Å². The van der Waals surface area contributed by atoms with Crippen molar-refractivity contribution < 1.29 is 32.6 Å². The molecule has 10 heteroatoms. The molecule has 0 aromatic heterocycles. The number of anilines is 1. The predicted octanol–water partition coefficient (Wildman–Crippen LogP) is 4.23. The van der Waals surface area contributed by atoms with Crippen LogP contribution in [0.4, 0.5) is 18.9 Å². The first-order chi connectivity index (χ1) is 16.6. The largest absolute Gasteiger partial charge is 0.465 e. The Hall–Kier alpha value is -3.47. The number of aliphatic hydroxyl groups is 1. The average Bonchev–Trinajstić information content (AvgIpc) is 2.87. The molecule has 0 saturated carbocycles. The number of halogens is 3. The number of esters is 1. The van der Waals surface area contributed by atoms with Gasteiger partial charge >= 0.3 is 12.1 Å². The van der Waals surface area contributed by atoms with E-state index in [1.165, 1.54) is 43.5 Å². The van der Waals surface area contributed by atoms with E-state index >= 15 is 0 Å². The lowest BCUT2D eigenvalue weighted by atomic mass is 9.82. The zero-order chi connectivity index (χ0) is 25.6. The molecule has 6 nitrogen and oxygen atoms in total. The van der Waals surface area contributed by atoms with E-state index in [9.17, 15) is 27.9 Å². The molecule has 0 aliphatic carbocycles. The van der Waals surface area contributed by atoms with E-state index in [2.05, 4.69) is 21.9 Å². The third-order valence-electron chi connectivity index (χ3n) is 5.56. The van der Waals surface area contributed by atoms with E-state index < -0.39 is 40.7 Å². The quantitative estimate of drug-likeness (QED) is 0.480. The van der Waals surface area contributed by atoms with Gasteiger partial charge in [0, 0.05) is 17.2 Å². The molecule has 1 saturated heterocycles. The second kappa shape index (κ2) is 10.9. The van der Waals surface area contributed by atoms with Gasteiger partial charge in [0.2, 0.25) is 5.60 Å². The second-order valence-corrected chi connectivity index (χ2v) is 9.02. The Kier molecular flexibility index (Phi) is 8.11. The monoisotopic (exact) mass is 502 g/mol. The molecule has 35 heavy (non-hydrogen) atoms. The number of amides is 1. The number of hydrogen-bond acceptors (Lipinski definition) is 6. The molecule has 1 amide bonds. The molecule has 2 aromatic carbocycles. The fourth-order valence-corrected chi connectivity index (χ4v) is 4.72. The van der Waals surface area contributed by atoms with Gasteiger partial charge in [0.05, 0.1) is 29.9 Å². The van der Waals surface area contributed by atoms with Crippen molar-refractivity contribution in [3.63, 3.8) is 0 Å². The van der Waals surface area contributed by atoms with Crippen LogP contribution in [-0.4, -0.2) is 41.2 Å². The van der Waals surface area contributed by atoms with Crippen LogP contribution in [0.5, 0.6) is 0 Å². The van der Waals surface area contributed by atoms with Crippen molar-refractivity contribution in [2.24, 2.45) is 5.92 Å². The Balaban J connectivity index is 1.93. The summed E-state index contributed by atoms with van der Waals surface area (Å²) in [6, 6.07) is 10.3. The number of ether oxygens (including phenoxy) is 1. The first kappa shape index (κ1) is 26.1. The molecular weight excluding hydrogens is 481 g/mol. The molecule has 182 valence electrons. The van der Waals surface area contributed by atoms with Crippen molar-refractivity contribution in [2.75, 3.05) is 23.9 Å². The zero-order valence-corrected chi connectivity index (χ0v) is 19.4. The molecule has 0 spiro atoms. The van der Waals surface area contributed by atoms with Gasteiger partial charge in [-0.25, -0.2) is 4.79 Å².